The molecule has 0 atom stereocenters. The molecule has 2 aliphatic heterocycles. The van der Waals surface area contributed by atoms with E-state index < -0.39 is 0 Å². The second-order valence-electron chi connectivity index (χ2n) is 16.0. The quantitative estimate of drug-likeness (QED) is 0.219. The van der Waals surface area contributed by atoms with E-state index in [1.54, 1.807) is 0 Å². The van der Waals surface area contributed by atoms with Gasteiger partial charge in [0.1, 0.15) is 11.6 Å². The molecule has 4 aliphatic carbocycles. The largest absolute Gasteiger partial charge is 0.381 e. The summed E-state index contributed by atoms with van der Waals surface area (Å²) in [5, 5.41) is 0. The molecule has 3 fully saturated rings. The Morgan fingerprint density at radius 1 is 0.596 bits per heavy atom. The van der Waals surface area contributed by atoms with Crippen LogP contribution in [0.1, 0.15) is 145 Å². The average Bonchev–Trinajstić information content (AvgIpc) is 3.97. The van der Waals surface area contributed by atoms with Gasteiger partial charge in [-0.2, -0.15) is 0 Å². The zero-order valence-corrected chi connectivity index (χ0v) is 29.9. The summed E-state index contributed by atoms with van der Waals surface area (Å²) in [7, 11) is 0. The van der Waals surface area contributed by atoms with Gasteiger partial charge in [0.25, 0.3) is 0 Å². The summed E-state index contributed by atoms with van der Waals surface area (Å²) in [5.74, 6) is 5.88. The Bertz CT molecular complexity index is 1960. The molecule has 0 amide bonds. The van der Waals surface area contributed by atoms with Crippen molar-refractivity contribution >= 4 is 33.2 Å². The Kier molecular flexibility index (Phi) is 11.1. The fourth-order valence-electron chi connectivity index (χ4n) is 9.47. The minimum atomic E-state index is 0. The van der Waals surface area contributed by atoms with E-state index in [0.29, 0.717) is 17.8 Å². The number of imidazole rings is 2. The van der Waals surface area contributed by atoms with Crippen LogP contribution in [0.25, 0.3) is 33.2 Å². The Morgan fingerprint density at radius 2 is 1.15 bits per heavy atom. The molecule has 0 bridgehead atoms. The number of ether oxygens (including phenoxy) is 2. The van der Waals surface area contributed by atoms with Crippen molar-refractivity contribution in [2.24, 2.45) is 17.8 Å². The predicted octanol–water partition coefficient (Wildman–Crippen LogP) is 10.4. The van der Waals surface area contributed by atoms with Crippen molar-refractivity contribution in [2.45, 2.75) is 124 Å². The summed E-state index contributed by atoms with van der Waals surface area (Å²) < 4.78 is 11.0. The van der Waals surface area contributed by atoms with Gasteiger partial charge in [0.15, 0.2) is 0 Å². The first-order valence-electron chi connectivity index (χ1n) is 19.6. The highest BCUT2D eigenvalue weighted by atomic mass is 16.5. The van der Waals surface area contributed by atoms with E-state index in [1.807, 2.05) is 12.4 Å². The maximum absolute atomic E-state index is 5.56. The number of allylic oxidation sites excluding steroid dienone is 4. The molecule has 0 radical (unpaired) electrons. The van der Waals surface area contributed by atoms with Gasteiger partial charge >= 0.3 is 0 Å². The molecular weight excluding hydrogens is 645 g/mol. The fourth-order valence-corrected chi connectivity index (χ4v) is 9.47. The Balaban J connectivity index is 0.000000156. The number of hydrogen-bond donors (Lipinski definition) is 2. The third-order valence-electron chi connectivity index (χ3n) is 12.6. The number of aromatic amines is 2. The van der Waals surface area contributed by atoms with Crippen LogP contribution in [0, 0.1) is 17.8 Å². The second-order valence-corrected chi connectivity index (χ2v) is 16.0. The predicted molar refractivity (Wildman–Crippen MR) is 212 cm³/mol. The molecule has 4 aromatic rings. The fraction of sp³-hybridized carbons (Fsp3) is 0.591. The van der Waals surface area contributed by atoms with Crippen LogP contribution in [0.4, 0.5) is 0 Å². The van der Waals surface area contributed by atoms with E-state index in [9.17, 15) is 0 Å². The maximum atomic E-state index is 5.56. The highest BCUT2D eigenvalue weighted by Crippen LogP contribution is 2.43. The van der Waals surface area contributed by atoms with Crippen molar-refractivity contribution in [3.8, 4) is 0 Å². The summed E-state index contributed by atoms with van der Waals surface area (Å²) in [6.45, 7) is 8.03. The van der Waals surface area contributed by atoms with E-state index >= 15 is 0 Å². The van der Waals surface area contributed by atoms with E-state index in [-0.39, 0.29) is 14.9 Å². The van der Waals surface area contributed by atoms with E-state index in [0.717, 1.165) is 92.4 Å². The van der Waals surface area contributed by atoms with Crippen molar-refractivity contribution in [2.75, 3.05) is 26.4 Å². The third kappa shape index (κ3) is 7.05. The van der Waals surface area contributed by atoms with Crippen molar-refractivity contribution in [3.05, 3.63) is 70.4 Å². The molecule has 1 saturated heterocycles. The van der Waals surface area contributed by atoms with Gasteiger partial charge in [0.05, 0.1) is 59.1 Å². The van der Waals surface area contributed by atoms with E-state index in [4.69, 9.17) is 29.4 Å². The Labute approximate surface area is 310 Å². The van der Waals surface area contributed by atoms with Gasteiger partial charge < -0.3 is 19.4 Å². The molecule has 4 aromatic heterocycles. The van der Waals surface area contributed by atoms with Crippen LogP contribution in [0.5, 0.6) is 0 Å². The molecule has 2 saturated carbocycles. The molecule has 0 unspecified atom stereocenters. The average molecular weight is 705 g/mol. The van der Waals surface area contributed by atoms with Gasteiger partial charge in [0.2, 0.25) is 0 Å². The first kappa shape index (κ1) is 36.7. The van der Waals surface area contributed by atoms with Crippen molar-refractivity contribution < 1.29 is 9.47 Å². The van der Waals surface area contributed by atoms with Crippen molar-refractivity contribution in [1.29, 1.82) is 0 Å². The van der Waals surface area contributed by atoms with Crippen LogP contribution in [0.15, 0.2) is 36.2 Å². The highest BCUT2D eigenvalue weighted by Gasteiger charge is 2.30. The van der Waals surface area contributed by atoms with Crippen molar-refractivity contribution in [3.63, 3.8) is 0 Å². The molecule has 0 aromatic carbocycles. The molecule has 8 heteroatoms. The molecule has 6 heterocycles. The lowest BCUT2D eigenvalue weighted by molar-refractivity contribution is 0.0808. The number of fused-ring (bicyclic) bond motifs is 6. The third-order valence-corrected chi connectivity index (χ3v) is 12.6. The standard InChI is InChI=1S/C21H27N3O.C21H25N3O.2CH4/c2*1-13-2-4-15(5-3-13)21-23-18-12-22-17-7-6-16(19(17)20(18)24-21)14-8-10-25-11-9-14;;/h6,12-15H,2-5,7-11H2,1H3,(H,23,24);6,8,12-13,15H,2-5,7,9-11H2,1H3,(H,23,24);2*1H4. The number of nitrogens with zero attached hydrogens (tertiary/aromatic N) is 4. The topological polar surface area (TPSA) is 102 Å². The van der Waals surface area contributed by atoms with Gasteiger partial charge in [0, 0.05) is 49.0 Å². The molecule has 8 nitrogen and oxygen atoms in total. The summed E-state index contributed by atoms with van der Waals surface area (Å²) >= 11 is 0. The van der Waals surface area contributed by atoms with Crippen LogP contribution in [-0.4, -0.2) is 56.3 Å². The highest BCUT2D eigenvalue weighted by molar-refractivity contribution is 5.97. The molecule has 10 rings (SSSR count). The number of rotatable bonds is 4. The van der Waals surface area contributed by atoms with E-state index in [2.05, 4.69) is 42.0 Å². The lowest BCUT2D eigenvalue weighted by atomic mass is 9.83. The van der Waals surface area contributed by atoms with Crippen LogP contribution in [0.2, 0.25) is 0 Å². The molecule has 2 N–H and O–H groups in total. The monoisotopic (exact) mass is 704 g/mol. The Hall–Kier alpha value is -3.62. The summed E-state index contributed by atoms with van der Waals surface area (Å²) in [6.07, 6.45) is 26.3. The molecule has 278 valence electrons. The lowest BCUT2D eigenvalue weighted by Crippen LogP contribution is -2.16. The zero-order chi connectivity index (χ0) is 33.6. The number of hydrogen-bond acceptors (Lipinski definition) is 6. The molecular formula is C44H60N6O2. The van der Waals surface area contributed by atoms with Crippen LogP contribution >= 0.6 is 0 Å². The minimum Gasteiger partial charge on any atom is -0.381 e. The minimum absolute atomic E-state index is 0. The smallest absolute Gasteiger partial charge is 0.110 e. The van der Waals surface area contributed by atoms with Gasteiger partial charge in [-0.15, -0.1) is 0 Å². The zero-order valence-electron chi connectivity index (χ0n) is 29.9. The van der Waals surface area contributed by atoms with Gasteiger partial charge in [-0.25, -0.2) is 9.97 Å². The summed E-state index contributed by atoms with van der Waals surface area (Å²) in [4.78, 5) is 26.9. The van der Waals surface area contributed by atoms with Crippen molar-refractivity contribution in [1.82, 2.24) is 29.9 Å². The van der Waals surface area contributed by atoms with Crippen LogP contribution in [-0.2, 0) is 22.3 Å². The lowest BCUT2D eigenvalue weighted by Gasteiger charge is -2.24. The van der Waals surface area contributed by atoms with Gasteiger partial charge in [-0.1, -0.05) is 72.6 Å². The number of nitrogens with one attached hydrogen (secondary N) is 2. The second kappa shape index (κ2) is 15.8. The summed E-state index contributed by atoms with van der Waals surface area (Å²) in [5.41, 5.74) is 13.7. The molecule has 0 spiro atoms. The maximum Gasteiger partial charge on any atom is 0.110 e. The number of H-pyrrole nitrogens is 2. The SMILES string of the molecule is C.C.CC1CCC(c2nc3c4c(ncc3[nH]2)CC=C4C2=CCOCC2)CC1.CC1CCC(c2nc3c4c(ncc3[nH]2)CC=C4C2CCOCC2)CC1. The summed E-state index contributed by atoms with van der Waals surface area (Å²) in [6, 6.07) is 0. The number of aromatic nitrogens is 6. The number of pyridine rings is 2. The van der Waals surface area contributed by atoms with Gasteiger partial charge in [-0.3, -0.25) is 9.97 Å². The van der Waals surface area contributed by atoms with Gasteiger partial charge in [-0.05, 0) is 79.4 Å². The van der Waals surface area contributed by atoms with Crippen LogP contribution in [0.3, 0.4) is 0 Å². The Morgan fingerprint density at radius 3 is 1.73 bits per heavy atom. The first-order chi connectivity index (χ1) is 24.6. The molecule has 6 aliphatic rings. The first-order valence-corrected chi connectivity index (χ1v) is 19.6. The van der Waals surface area contributed by atoms with Crippen LogP contribution < -0.4 is 0 Å². The van der Waals surface area contributed by atoms with E-state index in [1.165, 1.54) is 102 Å². The molecule has 52 heavy (non-hydrogen) atoms. The normalized spacial score (nSPS) is 25.9.